The quantitative estimate of drug-likeness (QED) is 0.496. The monoisotopic (exact) mass is 386 g/mol. The van der Waals surface area contributed by atoms with E-state index < -0.39 is 0 Å². The lowest BCUT2D eigenvalue weighted by Gasteiger charge is -2.08. The van der Waals surface area contributed by atoms with Gasteiger partial charge in [-0.25, -0.2) is 9.97 Å². The van der Waals surface area contributed by atoms with Crippen molar-refractivity contribution in [2.75, 3.05) is 5.32 Å². The molecule has 0 fully saturated rings. The summed E-state index contributed by atoms with van der Waals surface area (Å²) in [6.07, 6.45) is 1.71. The minimum Gasteiger partial charge on any atom is -0.347 e. The number of anilines is 2. The Balaban J connectivity index is 1.50. The Morgan fingerprint density at radius 3 is 2.68 bits per heavy atom. The Morgan fingerprint density at radius 1 is 0.964 bits per heavy atom. The molecule has 28 heavy (non-hydrogen) atoms. The van der Waals surface area contributed by atoms with E-state index in [-0.39, 0.29) is 5.91 Å². The molecule has 138 valence electrons. The molecule has 2 heterocycles. The summed E-state index contributed by atoms with van der Waals surface area (Å²) in [5.74, 6) is 0.406. The first-order valence-corrected chi connectivity index (χ1v) is 9.72. The van der Waals surface area contributed by atoms with Crippen LogP contribution in [0.2, 0.25) is 0 Å². The van der Waals surface area contributed by atoms with Gasteiger partial charge in [-0.3, -0.25) is 4.79 Å². The van der Waals surface area contributed by atoms with E-state index in [9.17, 15) is 4.79 Å². The van der Waals surface area contributed by atoms with Crippen LogP contribution < -0.4 is 10.6 Å². The molecule has 0 aliphatic heterocycles. The van der Waals surface area contributed by atoms with E-state index in [0.717, 1.165) is 21.8 Å². The molecular weight excluding hydrogens is 368 g/mol. The van der Waals surface area contributed by atoms with Gasteiger partial charge in [0.25, 0.3) is 5.91 Å². The largest absolute Gasteiger partial charge is 0.347 e. The summed E-state index contributed by atoms with van der Waals surface area (Å²) < 4.78 is 0. The summed E-state index contributed by atoms with van der Waals surface area (Å²) in [5, 5.41) is 8.14. The first-order chi connectivity index (χ1) is 13.8. The molecule has 0 aliphatic rings. The highest BCUT2D eigenvalue weighted by Gasteiger charge is 2.09. The van der Waals surface area contributed by atoms with Gasteiger partial charge < -0.3 is 10.6 Å². The number of hydrogen-bond acceptors (Lipinski definition) is 5. The number of nitrogens with one attached hydrogen (secondary N) is 2. The third-order valence-corrected chi connectivity index (χ3v) is 4.99. The van der Waals surface area contributed by atoms with Gasteiger partial charge in [0.15, 0.2) is 0 Å². The highest BCUT2D eigenvalue weighted by molar-refractivity contribution is 7.09. The van der Waals surface area contributed by atoms with Gasteiger partial charge in [0.05, 0.1) is 12.2 Å². The molecule has 0 radical (unpaired) electrons. The molecular formula is C22H18N4OS. The Kier molecular flexibility index (Phi) is 5.40. The summed E-state index contributed by atoms with van der Waals surface area (Å²) in [4.78, 5) is 22.5. The van der Waals surface area contributed by atoms with Gasteiger partial charge in [0, 0.05) is 27.9 Å². The second-order valence-electron chi connectivity index (χ2n) is 6.10. The van der Waals surface area contributed by atoms with Crippen LogP contribution in [0.1, 0.15) is 15.2 Å². The van der Waals surface area contributed by atoms with Gasteiger partial charge in [0.2, 0.25) is 5.95 Å². The van der Waals surface area contributed by atoms with Gasteiger partial charge in [-0.15, -0.1) is 11.3 Å². The van der Waals surface area contributed by atoms with Gasteiger partial charge >= 0.3 is 0 Å². The number of benzene rings is 2. The van der Waals surface area contributed by atoms with Crippen LogP contribution in [0.4, 0.5) is 11.6 Å². The van der Waals surface area contributed by atoms with Crippen LogP contribution in [0.3, 0.4) is 0 Å². The molecule has 0 bridgehead atoms. The van der Waals surface area contributed by atoms with Gasteiger partial charge in [-0.1, -0.05) is 36.4 Å². The van der Waals surface area contributed by atoms with E-state index in [1.807, 2.05) is 72.1 Å². The number of rotatable bonds is 6. The van der Waals surface area contributed by atoms with Crippen LogP contribution in [0.15, 0.2) is 84.4 Å². The van der Waals surface area contributed by atoms with Crippen molar-refractivity contribution in [3.63, 3.8) is 0 Å². The maximum atomic E-state index is 12.5. The molecule has 0 atom stereocenters. The van der Waals surface area contributed by atoms with Crippen LogP contribution in [0.5, 0.6) is 0 Å². The fraction of sp³-hybridized carbons (Fsp3) is 0.0455. The van der Waals surface area contributed by atoms with Gasteiger partial charge in [0.1, 0.15) is 0 Å². The number of aromatic nitrogens is 2. The highest BCUT2D eigenvalue weighted by atomic mass is 32.1. The predicted octanol–water partition coefficient (Wildman–Crippen LogP) is 4.88. The molecule has 1 amide bonds. The topological polar surface area (TPSA) is 66.9 Å². The molecule has 0 aliphatic carbocycles. The van der Waals surface area contributed by atoms with E-state index in [1.54, 1.807) is 23.6 Å². The predicted molar refractivity (Wildman–Crippen MR) is 113 cm³/mol. The average Bonchev–Trinajstić information content (AvgIpc) is 3.27. The first-order valence-electron chi connectivity index (χ1n) is 8.84. The van der Waals surface area contributed by atoms with Crippen molar-refractivity contribution in [2.45, 2.75) is 6.54 Å². The van der Waals surface area contributed by atoms with Crippen LogP contribution in [-0.2, 0) is 6.54 Å². The van der Waals surface area contributed by atoms with Crippen molar-refractivity contribution in [2.24, 2.45) is 0 Å². The highest BCUT2D eigenvalue weighted by Crippen LogP contribution is 2.21. The zero-order chi connectivity index (χ0) is 19.2. The molecule has 6 heteroatoms. The van der Waals surface area contributed by atoms with E-state index in [2.05, 4.69) is 20.6 Å². The number of thiophene rings is 1. The molecule has 5 nitrogen and oxygen atoms in total. The number of hydrogen-bond donors (Lipinski definition) is 2. The Hall–Kier alpha value is -3.51. The van der Waals surface area contributed by atoms with E-state index >= 15 is 0 Å². The lowest BCUT2D eigenvalue weighted by molar-refractivity contribution is 0.0951. The normalized spacial score (nSPS) is 10.4. The molecule has 2 aromatic heterocycles. The number of carbonyl (C=O) groups is 1. The average molecular weight is 386 g/mol. The van der Waals surface area contributed by atoms with Crippen molar-refractivity contribution < 1.29 is 4.79 Å². The Bertz CT molecular complexity index is 1060. The van der Waals surface area contributed by atoms with Crippen molar-refractivity contribution in [3.8, 4) is 11.3 Å². The van der Waals surface area contributed by atoms with Crippen molar-refractivity contribution in [3.05, 3.63) is 94.8 Å². The third kappa shape index (κ3) is 4.42. The Labute approximate surface area is 167 Å². The summed E-state index contributed by atoms with van der Waals surface area (Å²) in [5.41, 5.74) is 3.13. The summed E-state index contributed by atoms with van der Waals surface area (Å²) in [6.45, 7) is 0.527. The standard InChI is InChI=1S/C22H18N4OS/c27-21(24-15-19-10-5-13-28-19)17-7-4-6-16(14-17)20-11-12-23-22(26-20)25-18-8-2-1-3-9-18/h1-14H,15H2,(H,24,27)(H,23,25,26). The number of amides is 1. The zero-order valence-electron chi connectivity index (χ0n) is 15.0. The zero-order valence-corrected chi connectivity index (χ0v) is 15.8. The van der Waals surface area contributed by atoms with Gasteiger partial charge in [-0.2, -0.15) is 0 Å². The summed E-state index contributed by atoms with van der Waals surface area (Å²) >= 11 is 1.62. The molecule has 0 saturated carbocycles. The smallest absolute Gasteiger partial charge is 0.251 e. The van der Waals surface area contributed by atoms with Crippen LogP contribution >= 0.6 is 11.3 Å². The maximum Gasteiger partial charge on any atom is 0.251 e. The molecule has 0 saturated heterocycles. The molecule has 0 spiro atoms. The second kappa shape index (κ2) is 8.45. The minimum absolute atomic E-state index is 0.105. The molecule has 4 rings (SSSR count). The summed E-state index contributed by atoms with van der Waals surface area (Å²) in [6, 6.07) is 23.0. The fourth-order valence-electron chi connectivity index (χ4n) is 2.73. The maximum absolute atomic E-state index is 12.5. The van der Waals surface area contributed by atoms with Crippen molar-refractivity contribution >= 4 is 28.9 Å². The van der Waals surface area contributed by atoms with Crippen LogP contribution in [0.25, 0.3) is 11.3 Å². The molecule has 2 aromatic carbocycles. The molecule has 0 unspecified atom stereocenters. The second-order valence-corrected chi connectivity index (χ2v) is 7.13. The van der Waals surface area contributed by atoms with Gasteiger partial charge in [-0.05, 0) is 41.8 Å². The lowest BCUT2D eigenvalue weighted by atomic mass is 10.1. The third-order valence-electron chi connectivity index (χ3n) is 4.11. The van der Waals surface area contributed by atoms with Crippen molar-refractivity contribution in [1.29, 1.82) is 0 Å². The van der Waals surface area contributed by atoms with E-state index in [1.165, 1.54) is 0 Å². The summed E-state index contributed by atoms with van der Waals surface area (Å²) in [7, 11) is 0. The van der Waals surface area contributed by atoms with E-state index in [4.69, 9.17) is 0 Å². The number of nitrogens with zero attached hydrogens (tertiary/aromatic N) is 2. The van der Waals surface area contributed by atoms with Crippen molar-refractivity contribution in [1.82, 2.24) is 15.3 Å². The SMILES string of the molecule is O=C(NCc1cccs1)c1cccc(-c2ccnc(Nc3ccccc3)n2)c1. The molecule has 4 aromatic rings. The Morgan fingerprint density at radius 2 is 1.86 bits per heavy atom. The lowest BCUT2D eigenvalue weighted by Crippen LogP contribution is -2.22. The van der Waals surface area contributed by atoms with E-state index in [0.29, 0.717) is 18.1 Å². The molecule has 2 N–H and O–H groups in total. The first kappa shape index (κ1) is 17.9. The minimum atomic E-state index is -0.105. The fourth-order valence-corrected chi connectivity index (χ4v) is 3.38. The van der Waals surface area contributed by atoms with Crippen LogP contribution in [0, 0.1) is 0 Å². The number of carbonyl (C=O) groups excluding carboxylic acids is 1. The van der Waals surface area contributed by atoms with Crippen LogP contribution in [-0.4, -0.2) is 15.9 Å². The number of para-hydroxylation sites is 1.